The summed E-state index contributed by atoms with van der Waals surface area (Å²) in [6.45, 7) is 6.14. The lowest BCUT2D eigenvalue weighted by Crippen LogP contribution is -2.23. The molecule has 0 aliphatic carbocycles. The van der Waals surface area contributed by atoms with Gasteiger partial charge in [-0.15, -0.1) is 0 Å². The fourth-order valence-corrected chi connectivity index (χ4v) is 1.75. The third-order valence-electron chi connectivity index (χ3n) is 2.58. The highest BCUT2D eigenvalue weighted by Gasteiger charge is 2.03. The highest BCUT2D eigenvalue weighted by Crippen LogP contribution is 2.02. The van der Waals surface area contributed by atoms with Gasteiger partial charge in [-0.25, -0.2) is 4.98 Å². The van der Waals surface area contributed by atoms with Gasteiger partial charge in [-0.3, -0.25) is 9.36 Å². The average Bonchev–Trinajstić information content (AvgIpc) is 2.14. The molecule has 1 rings (SSSR count). The number of hydrogen-bond donors (Lipinski definition) is 1. The Morgan fingerprint density at radius 1 is 1.44 bits per heavy atom. The maximum atomic E-state index is 11.7. The molecule has 1 N–H and O–H groups in total. The predicted octanol–water partition coefficient (Wildman–Crippen LogP) is 1.41. The fraction of sp³-hybridized carbons (Fsp3) is 0.667. The maximum absolute atomic E-state index is 11.7. The van der Waals surface area contributed by atoms with Crippen LogP contribution in [-0.4, -0.2) is 20.8 Å². The highest BCUT2D eigenvalue weighted by molar-refractivity contribution is 5.01. The van der Waals surface area contributed by atoms with Crippen molar-refractivity contribution in [2.24, 2.45) is 0 Å². The van der Waals surface area contributed by atoms with Gasteiger partial charge in [0, 0.05) is 18.3 Å². The van der Waals surface area contributed by atoms with E-state index in [1.807, 2.05) is 13.8 Å². The van der Waals surface area contributed by atoms with Crippen LogP contribution in [0.15, 0.2) is 10.9 Å². The SMILES string of the molecule is Cc1cc(=O)n(CCCCC(C)O)c(C)n1. The Morgan fingerprint density at radius 3 is 2.69 bits per heavy atom. The van der Waals surface area contributed by atoms with E-state index in [1.165, 1.54) is 0 Å². The number of aromatic nitrogens is 2. The third-order valence-corrected chi connectivity index (χ3v) is 2.58. The van der Waals surface area contributed by atoms with Crippen molar-refractivity contribution in [1.29, 1.82) is 0 Å². The topological polar surface area (TPSA) is 55.1 Å². The van der Waals surface area contributed by atoms with E-state index >= 15 is 0 Å². The quantitative estimate of drug-likeness (QED) is 0.769. The van der Waals surface area contributed by atoms with Crippen LogP contribution in [0.2, 0.25) is 0 Å². The molecular weight excluding hydrogens is 204 g/mol. The molecule has 0 aliphatic rings. The first-order chi connectivity index (χ1) is 7.50. The molecule has 0 saturated carbocycles. The molecule has 1 aromatic rings. The molecule has 4 nitrogen and oxygen atoms in total. The van der Waals surface area contributed by atoms with E-state index in [-0.39, 0.29) is 11.7 Å². The molecule has 0 aromatic carbocycles. The Morgan fingerprint density at radius 2 is 2.12 bits per heavy atom. The number of aliphatic hydroxyl groups is 1. The van der Waals surface area contributed by atoms with Crippen molar-refractivity contribution in [3.05, 3.63) is 27.9 Å². The Bertz CT molecular complexity index is 396. The lowest BCUT2D eigenvalue weighted by Gasteiger charge is -2.09. The smallest absolute Gasteiger partial charge is 0.253 e. The Hall–Kier alpha value is -1.16. The van der Waals surface area contributed by atoms with Gasteiger partial charge in [-0.2, -0.15) is 0 Å². The molecule has 0 bridgehead atoms. The summed E-state index contributed by atoms with van der Waals surface area (Å²) in [5.41, 5.74) is 0.782. The molecule has 0 radical (unpaired) electrons. The molecule has 0 amide bonds. The molecule has 90 valence electrons. The van der Waals surface area contributed by atoms with Crippen LogP contribution in [0.5, 0.6) is 0 Å². The molecule has 1 heterocycles. The van der Waals surface area contributed by atoms with Crippen molar-refractivity contribution in [1.82, 2.24) is 9.55 Å². The van der Waals surface area contributed by atoms with Crippen LogP contribution in [0.4, 0.5) is 0 Å². The van der Waals surface area contributed by atoms with Crippen LogP contribution < -0.4 is 5.56 Å². The van der Waals surface area contributed by atoms with Crippen molar-refractivity contribution >= 4 is 0 Å². The summed E-state index contributed by atoms with van der Waals surface area (Å²) in [6.07, 6.45) is 2.36. The zero-order valence-electron chi connectivity index (χ0n) is 10.2. The summed E-state index contributed by atoms with van der Waals surface area (Å²) >= 11 is 0. The number of aliphatic hydroxyl groups excluding tert-OH is 1. The Balaban J connectivity index is 2.57. The van der Waals surface area contributed by atoms with Crippen LogP contribution in [-0.2, 0) is 6.54 Å². The van der Waals surface area contributed by atoms with Gasteiger partial charge in [0.15, 0.2) is 0 Å². The molecule has 0 aliphatic heterocycles. The first-order valence-corrected chi connectivity index (χ1v) is 5.74. The molecule has 1 aromatic heterocycles. The van der Waals surface area contributed by atoms with Crippen LogP contribution in [0, 0.1) is 13.8 Å². The molecule has 0 spiro atoms. The second kappa shape index (κ2) is 5.80. The molecule has 0 fully saturated rings. The second-order valence-corrected chi connectivity index (χ2v) is 4.28. The van der Waals surface area contributed by atoms with Crippen LogP contribution in [0.3, 0.4) is 0 Å². The molecular formula is C12H20N2O2. The minimum Gasteiger partial charge on any atom is -0.393 e. The average molecular weight is 224 g/mol. The normalized spacial score (nSPS) is 12.8. The van der Waals surface area contributed by atoms with E-state index in [2.05, 4.69) is 4.98 Å². The largest absolute Gasteiger partial charge is 0.393 e. The summed E-state index contributed by atoms with van der Waals surface area (Å²) in [6, 6.07) is 1.56. The molecule has 16 heavy (non-hydrogen) atoms. The van der Waals surface area contributed by atoms with E-state index in [9.17, 15) is 4.79 Å². The zero-order chi connectivity index (χ0) is 12.1. The van der Waals surface area contributed by atoms with Crippen molar-refractivity contribution in [3.8, 4) is 0 Å². The molecule has 1 atom stereocenters. The van der Waals surface area contributed by atoms with Crippen molar-refractivity contribution < 1.29 is 5.11 Å². The van der Waals surface area contributed by atoms with Gasteiger partial charge < -0.3 is 5.11 Å². The summed E-state index contributed by atoms with van der Waals surface area (Å²) in [5.74, 6) is 0.766. The maximum Gasteiger partial charge on any atom is 0.253 e. The van der Waals surface area contributed by atoms with E-state index < -0.39 is 0 Å². The Kier molecular flexibility index (Phi) is 4.68. The standard InChI is InChI=1S/C12H20N2O2/c1-9-8-12(16)14(11(3)13-9)7-5-4-6-10(2)15/h8,10,15H,4-7H2,1-3H3. The summed E-state index contributed by atoms with van der Waals surface area (Å²) in [4.78, 5) is 15.9. The van der Waals surface area contributed by atoms with E-state index in [0.29, 0.717) is 6.54 Å². The first kappa shape index (κ1) is 12.9. The van der Waals surface area contributed by atoms with Crippen LogP contribution in [0.25, 0.3) is 0 Å². The van der Waals surface area contributed by atoms with Gasteiger partial charge in [-0.1, -0.05) is 0 Å². The van der Waals surface area contributed by atoms with Crippen LogP contribution >= 0.6 is 0 Å². The number of hydrogen-bond acceptors (Lipinski definition) is 3. The van der Waals surface area contributed by atoms with Gasteiger partial charge >= 0.3 is 0 Å². The minimum atomic E-state index is -0.256. The fourth-order valence-electron chi connectivity index (χ4n) is 1.75. The number of nitrogens with zero attached hydrogens (tertiary/aromatic N) is 2. The lowest BCUT2D eigenvalue weighted by molar-refractivity contribution is 0.180. The van der Waals surface area contributed by atoms with Gasteiger partial charge in [0.25, 0.3) is 5.56 Å². The second-order valence-electron chi connectivity index (χ2n) is 4.28. The molecule has 0 saturated heterocycles. The third kappa shape index (κ3) is 3.77. The number of unbranched alkanes of at least 4 members (excludes halogenated alkanes) is 1. The Labute approximate surface area is 96.0 Å². The summed E-state index contributed by atoms with van der Waals surface area (Å²) < 4.78 is 1.69. The monoisotopic (exact) mass is 224 g/mol. The van der Waals surface area contributed by atoms with Gasteiger partial charge in [0.1, 0.15) is 5.82 Å². The van der Waals surface area contributed by atoms with E-state index in [0.717, 1.165) is 30.8 Å². The van der Waals surface area contributed by atoms with Crippen LogP contribution in [0.1, 0.15) is 37.7 Å². The molecule has 4 heteroatoms. The minimum absolute atomic E-state index is 0.0158. The zero-order valence-corrected chi connectivity index (χ0v) is 10.2. The number of aryl methyl sites for hydroxylation is 2. The van der Waals surface area contributed by atoms with Crippen molar-refractivity contribution in [2.75, 3.05) is 0 Å². The van der Waals surface area contributed by atoms with Crippen molar-refractivity contribution in [2.45, 2.75) is 52.7 Å². The number of rotatable bonds is 5. The highest BCUT2D eigenvalue weighted by atomic mass is 16.3. The first-order valence-electron chi connectivity index (χ1n) is 5.74. The van der Waals surface area contributed by atoms with E-state index in [1.54, 1.807) is 17.6 Å². The summed E-state index contributed by atoms with van der Waals surface area (Å²) in [7, 11) is 0. The van der Waals surface area contributed by atoms with Gasteiger partial charge in [0.05, 0.1) is 6.10 Å². The van der Waals surface area contributed by atoms with Gasteiger partial charge in [0.2, 0.25) is 0 Å². The predicted molar refractivity (Wildman–Crippen MR) is 63.5 cm³/mol. The lowest BCUT2D eigenvalue weighted by atomic mass is 10.2. The van der Waals surface area contributed by atoms with E-state index in [4.69, 9.17) is 5.11 Å². The van der Waals surface area contributed by atoms with Gasteiger partial charge in [-0.05, 0) is 40.0 Å². The summed E-state index contributed by atoms with van der Waals surface area (Å²) in [5, 5.41) is 9.11. The van der Waals surface area contributed by atoms with Crippen molar-refractivity contribution in [3.63, 3.8) is 0 Å². The molecule has 1 unspecified atom stereocenters.